The van der Waals surface area contributed by atoms with Gasteiger partial charge >= 0.3 is 5.97 Å². The van der Waals surface area contributed by atoms with Crippen LogP contribution in [0.3, 0.4) is 0 Å². The van der Waals surface area contributed by atoms with Gasteiger partial charge in [0.15, 0.2) is 5.96 Å². The molecule has 0 saturated carbocycles. The molecule has 1 aromatic rings. The molecule has 1 atom stereocenters. The maximum atomic E-state index is 11.7. The highest BCUT2D eigenvalue weighted by molar-refractivity contribution is 5.80. The van der Waals surface area contributed by atoms with Crippen LogP contribution >= 0.6 is 0 Å². The number of hydrogen-bond acceptors (Lipinski definition) is 4. The van der Waals surface area contributed by atoms with Gasteiger partial charge in [0.1, 0.15) is 0 Å². The zero-order valence-corrected chi connectivity index (χ0v) is 17.3. The van der Waals surface area contributed by atoms with E-state index in [-0.39, 0.29) is 11.9 Å². The van der Waals surface area contributed by atoms with Crippen molar-refractivity contribution >= 4 is 11.9 Å². The van der Waals surface area contributed by atoms with Crippen molar-refractivity contribution in [3.05, 3.63) is 35.9 Å². The minimum absolute atomic E-state index is 0.0346. The number of guanidine groups is 1. The van der Waals surface area contributed by atoms with Crippen LogP contribution in [0.5, 0.6) is 0 Å². The Kier molecular flexibility index (Phi) is 7.71. The lowest BCUT2D eigenvalue weighted by Gasteiger charge is -2.33. The second kappa shape index (κ2) is 10.5. The summed E-state index contributed by atoms with van der Waals surface area (Å²) in [5, 5.41) is 3.57. The molecule has 0 bridgehead atoms. The Hall–Kier alpha value is -2.08. The SMILES string of the molecule is CN=C(NCC1CCN(CCc2ccccc2)C1)N1CCC(C(=O)OC)CC1. The van der Waals surface area contributed by atoms with Crippen LogP contribution in [-0.2, 0) is 16.0 Å². The summed E-state index contributed by atoms with van der Waals surface area (Å²) in [6.45, 7) is 6.14. The normalized spacial score (nSPS) is 21.7. The molecule has 0 aromatic heterocycles. The molecule has 0 radical (unpaired) electrons. The van der Waals surface area contributed by atoms with Crippen LogP contribution < -0.4 is 5.32 Å². The molecular weight excluding hydrogens is 352 g/mol. The van der Waals surface area contributed by atoms with Crippen molar-refractivity contribution in [2.75, 3.05) is 53.4 Å². The van der Waals surface area contributed by atoms with E-state index in [1.165, 1.54) is 25.6 Å². The lowest BCUT2D eigenvalue weighted by Crippen LogP contribution is -2.47. The maximum absolute atomic E-state index is 11.7. The van der Waals surface area contributed by atoms with Crippen molar-refractivity contribution in [3.63, 3.8) is 0 Å². The van der Waals surface area contributed by atoms with Crippen LogP contribution in [0.1, 0.15) is 24.8 Å². The van der Waals surface area contributed by atoms with E-state index in [2.05, 4.69) is 50.4 Å². The number of carbonyl (C=O) groups excluding carboxylic acids is 1. The lowest BCUT2D eigenvalue weighted by molar-refractivity contribution is -0.146. The number of hydrogen-bond donors (Lipinski definition) is 1. The van der Waals surface area contributed by atoms with E-state index >= 15 is 0 Å². The third-order valence-corrected chi connectivity index (χ3v) is 6.02. The number of esters is 1. The molecule has 2 aliphatic rings. The Balaban J connectivity index is 1.37. The van der Waals surface area contributed by atoms with E-state index in [9.17, 15) is 4.79 Å². The molecule has 0 aliphatic carbocycles. The van der Waals surface area contributed by atoms with E-state index in [1.807, 2.05) is 7.05 Å². The van der Waals surface area contributed by atoms with Gasteiger partial charge in [-0.2, -0.15) is 0 Å². The van der Waals surface area contributed by atoms with Crippen molar-refractivity contribution < 1.29 is 9.53 Å². The summed E-state index contributed by atoms with van der Waals surface area (Å²) < 4.78 is 4.88. The second-order valence-corrected chi connectivity index (χ2v) is 7.90. The number of carbonyl (C=O) groups is 1. The van der Waals surface area contributed by atoms with E-state index in [0.717, 1.165) is 57.9 Å². The molecule has 2 heterocycles. The fraction of sp³-hybridized carbons (Fsp3) is 0.636. The maximum Gasteiger partial charge on any atom is 0.308 e. The molecule has 1 aromatic carbocycles. The number of methoxy groups -OCH3 is 1. The first-order valence-electron chi connectivity index (χ1n) is 10.5. The summed E-state index contributed by atoms with van der Waals surface area (Å²) in [5.74, 6) is 1.59. The topological polar surface area (TPSA) is 57.2 Å². The van der Waals surface area contributed by atoms with E-state index < -0.39 is 0 Å². The van der Waals surface area contributed by atoms with Crippen LogP contribution in [0.25, 0.3) is 0 Å². The molecule has 1 N–H and O–H groups in total. The second-order valence-electron chi connectivity index (χ2n) is 7.90. The fourth-order valence-corrected chi connectivity index (χ4v) is 4.28. The van der Waals surface area contributed by atoms with Gasteiger partial charge in [0.2, 0.25) is 0 Å². The summed E-state index contributed by atoms with van der Waals surface area (Å²) in [7, 11) is 3.31. The minimum atomic E-state index is -0.0795. The number of benzene rings is 1. The highest BCUT2D eigenvalue weighted by atomic mass is 16.5. The van der Waals surface area contributed by atoms with Crippen LogP contribution in [0, 0.1) is 11.8 Å². The Morgan fingerprint density at radius 2 is 1.93 bits per heavy atom. The predicted molar refractivity (Wildman–Crippen MR) is 112 cm³/mol. The number of nitrogens with zero attached hydrogens (tertiary/aromatic N) is 3. The Morgan fingerprint density at radius 1 is 1.18 bits per heavy atom. The molecule has 2 fully saturated rings. The highest BCUT2D eigenvalue weighted by Gasteiger charge is 2.28. The number of rotatable bonds is 6. The van der Waals surface area contributed by atoms with E-state index in [0.29, 0.717) is 5.92 Å². The first-order chi connectivity index (χ1) is 13.7. The van der Waals surface area contributed by atoms with Crippen LogP contribution in [-0.4, -0.2) is 75.2 Å². The Morgan fingerprint density at radius 3 is 2.61 bits per heavy atom. The predicted octanol–water partition coefficient (Wildman–Crippen LogP) is 2.01. The van der Waals surface area contributed by atoms with Crippen molar-refractivity contribution in [1.29, 1.82) is 0 Å². The third kappa shape index (κ3) is 5.71. The van der Waals surface area contributed by atoms with E-state index in [1.54, 1.807) is 0 Å². The van der Waals surface area contributed by atoms with Crippen molar-refractivity contribution in [3.8, 4) is 0 Å². The molecule has 6 heteroatoms. The summed E-state index contributed by atoms with van der Waals surface area (Å²) in [6.07, 6.45) is 4.04. The lowest BCUT2D eigenvalue weighted by atomic mass is 9.97. The summed E-state index contributed by atoms with van der Waals surface area (Å²) >= 11 is 0. The smallest absolute Gasteiger partial charge is 0.308 e. The molecule has 0 amide bonds. The van der Waals surface area contributed by atoms with Crippen molar-refractivity contribution in [2.45, 2.75) is 25.7 Å². The molecule has 3 rings (SSSR count). The summed E-state index contributed by atoms with van der Waals surface area (Å²) in [5.41, 5.74) is 1.42. The minimum Gasteiger partial charge on any atom is -0.469 e. The van der Waals surface area contributed by atoms with Crippen molar-refractivity contribution in [2.24, 2.45) is 16.8 Å². The van der Waals surface area contributed by atoms with Gasteiger partial charge in [0.25, 0.3) is 0 Å². The molecule has 154 valence electrons. The standard InChI is InChI=1S/C22H34N4O2/c1-23-22(26-14-10-20(11-15-26)21(27)28-2)24-16-19-9-13-25(17-19)12-8-18-6-4-3-5-7-18/h3-7,19-20H,8-17H2,1-2H3,(H,23,24). The van der Waals surface area contributed by atoms with Gasteiger partial charge in [0, 0.05) is 39.8 Å². The third-order valence-electron chi connectivity index (χ3n) is 6.02. The summed E-state index contributed by atoms with van der Waals surface area (Å²) in [6, 6.07) is 10.7. The van der Waals surface area contributed by atoms with Crippen molar-refractivity contribution in [1.82, 2.24) is 15.1 Å². The molecule has 6 nitrogen and oxygen atoms in total. The zero-order chi connectivity index (χ0) is 19.8. The van der Waals surface area contributed by atoms with E-state index in [4.69, 9.17) is 4.74 Å². The number of piperidine rings is 1. The number of aliphatic imine (C=N–C) groups is 1. The zero-order valence-electron chi connectivity index (χ0n) is 17.3. The van der Waals surface area contributed by atoms with Gasteiger partial charge in [0.05, 0.1) is 13.0 Å². The van der Waals surface area contributed by atoms with Gasteiger partial charge in [-0.05, 0) is 43.7 Å². The van der Waals surface area contributed by atoms with Gasteiger partial charge in [-0.3, -0.25) is 9.79 Å². The average Bonchev–Trinajstić information content (AvgIpc) is 3.21. The largest absolute Gasteiger partial charge is 0.469 e. The van der Waals surface area contributed by atoms with Gasteiger partial charge in [-0.25, -0.2) is 0 Å². The van der Waals surface area contributed by atoms with Gasteiger partial charge in [-0.15, -0.1) is 0 Å². The monoisotopic (exact) mass is 386 g/mol. The molecule has 0 spiro atoms. The fourth-order valence-electron chi connectivity index (χ4n) is 4.28. The number of ether oxygens (including phenoxy) is 1. The van der Waals surface area contributed by atoms with Crippen LogP contribution in [0.4, 0.5) is 0 Å². The Bertz CT molecular complexity index is 641. The number of nitrogens with one attached hydrogen (secondary N) is 1. The highest BCUT2D eigenvalue weighted by Crippen LogP contribution is 2.19. The molecule has 2 saturated heterocycles. The van der Waals surface area contributed by atoms with Gasteiger partial charge in [-0.1, -0.05) is 30.3 Å². The van der Waals surface area contributed by atoms with Gasteiger partial charge < -0.3 is 19.9 Å². The summed E-state index contributed by atoms with van der Waals surface area (Å²) in [4.78, 5) is 21.0. The molecular formula is C22H34N4O2. The van der Waals surface area contributed by atoms with Crippen LogP contribution in [0.15, 0.2) is 35.3 Å². The Labute approximate surface area is 168 Å². The molecule has 1 unspecified atom stereocenters. The number of likely N-dealkylation sites (tertiary alicyclic amines) is 2. The molecule has 28 heavy (non-hydrogen) atoms. The average molecular weight is 387 g/mol. The molecule has 2 aliphatic heterocycles. The quantitative estimate of drug-likeness (QED) is 0.460. The first kappa shape index (κ1) is 20.6. The first-order valence-corrected chi connectivity index (χ1v) is 10.5. The van der Waals surface area contributed by atoms with Crippen LogP contribution in [0.2, 0.25) is 0 Å².